The number of amides is 1. The SMILES string of the molecule is COc1cc(C)c(F)c(NC(C)=O)c1. The summed E-state index contributed by atoms with van der Waals surface area (Å²) in [7, 11) is 1.49. The van der Waals surface area contributed by atoms with E-state index in [9.17, 15) is 9.18 Å². The maximum atomic E-state index is 13.4. The van der Waals surface area contributed by atoms with E-state index in [1.165, 1.54) is 20.1 Å². The molecule has 1 aromatic carbocycles. The van der Waals surface area contributed by atoms with Crippen LogP contribution in [-0.4, -0.2) is 13.0 Å². The highest BCUT2D eigenvalue weighted by Crippen LogP contribution is 2.24. The lowest BCUT2D eigenvalue weighted by atomic mass is 10.2. The highest BCUT2D eigenvalue weighted by Gasteiger charge is 2.08. The summed E-state index contributed by atoms with van der Waals surface area (Å²) in [4.78, 5) is 10.8. The normalized spacial score (nSPS) is 9.71. The minimum Gasteiger partial charge on any atom is -0.497 e. The molecule has 1 N–H and O–H groups in total. The van der Waals surface area contributed by atoms with Gasteiger partial charge in [-0.1, -0.05) is 0 Å². The molecule has 4 heteroatoms. The highest BCUT2D eigenvalue weighted by atomic mass is 19.1. The number of hydrogen-bond acceptors (Lipinski definition) is 2. The Morgan fingerprint density at radius 3 is 2.64 bits per heavy atom. The standard InChI is InChI=1S/C10H12FNO2/c1-6-4-8(14-3)5-9(10(6)11)12-7(2)13/h4-5H,1-3H3,(H,12,13). The summed E-state index contributed by atoms with van der Waals surface area (Å²) >= 11 is 0. The van der Waals surface area contributed by atoms with Crippen molar-refractivity contribution < 1.29 is 13.9 Å². The molecule has 0 aliphatic rings. The number of methoxy groups -OCH3 is 1. The minimum absolute atomic E-state index is 0.148. The minimum atomic E-state index is -0.430. The van der Waals surface area contributed by atoms with Gasteiger partial charge in [0.1, 0.15) is 11.6 Å². The fourth-order valence-corrected chi connectivity index (χ4v) is 1.13. The quantitative estimate of drug-likeness (QED) is 0.788. The van der Waals surface area contributed by atoms with Gasteiger partial charge >= 0.3 is 0 Å². The van der Waals surface area contributed by atoms with Crippen LogP contribution in [0, 0.1) is 12.7 Å². The zero-order valence-corrected chi connectivity index (χ0v) is 8.35. The van der Waals surface area contributed by atoms with Crippen molar-refractivity contribution >= 4 is 11.6 Å². The van der Waals surface area contributed by atoms with Crippen molar-refractivity contribution in [3.8, 4) is 5.75 Å². The largest absolute Gasteiger partial charge is 0.497 e. The van der Waals surface area contributed by atoms with Gasteiger partial charge in [-0.25, -0.2) is 4.39 Å². The smallest absolute Gasteiger partial charge is 0.221 e. The Kier molecular flexibility index (Phi) is 3.06. The molecule has 1 amide bonds. The summed E-state index contributed by atoms with van der Waals surface area (Å²) < 4.78 is 18.4. The van der Waals surface area contributed by atoms with Crippen molar-refractivity contribution in [1.29, 1.82) is 0 Å². The Labute approximate surface area is 81.9 Å². The molecule has 0 aromatic heterocycles. The van der Waals surface area contributed by atoms with E-state index < -0.39 is 5.82 Å². The number of halogens is 1. The van der Waals surface area contributed by atoms with E-state index >= 15 is 0 Å². The van der Waals surface area contributed by atoms with Crippen molar-refractivity contribution in [2.45, 2.75) is 13.8 Å². The van der Waals surface area contributed by atoms with Crippen LogP contribution in [0.1, 0.15) is 12.5 Å². The summed E-state index contributed by atoms with van der Waals surface area (Å²) in [5.74, 6) is -0.217. The van der Waals surface area contributed by atoms with Crippen molar-refractivity contribution in [2.24, 2.45) is 0 Å². The number of aryl methyl sites for hydroxylation is 1. The van der Waals surface area contributed by atoms with Crippen molar-refractivity contribution in [3.63, 3.8) is 0 Å². The lowest BCUT2D eigenvalue weighted by Gasteiger charge is -2.08. The van der Waals surface area contributed by atoms with E-state index in [4.69, 9.17) is 4.74 Å². The summed E-state index contributed by atoms with van der Waals surface area (Å²) in [5, 5.41) is 2.39. The maximum Gasteiger partial charge on any atom is 0.221 e. The number of nitrogens with one attached hydrogen (secondary N) is 1. The van der Waals surface area contributed by atoms with Crippen LogP contribution in [0.5, 0.6) is 5.75 Å². The van der Waals surface area contributed by atoms with Crippen LogP contribution >= 0.6 is 0 Å². The van der Waals surface area contributed by atoms with Gasteiger partial charge in [0, 0.05) is 13.0 Å². The molecule has 0 saturated heterocycles. The third-order valence-corrected chi connectivity index (χ3v) is 1.77. The van der Waals surface area contributed by atoms with Crippen LogP contribution in [0.2, 0.25) is 0 Å². The zero-order valence-electron chi connectivity index (χ0n) is 8.35. The molecule has 76 valence electrons. The van der Waals surface area contributed by atoms with E-state index in [0.717, 1.165) is 0 Å². The van der Waals surface area contributed by atoms with Crippen LogP contribution in [-0.2, 0) is 4.79 Å². The second kappa shape index (κ2) is 4.09. The summed E-state index contributed by atoms with van der Waals surface area (Å²) in [6, 6.07) is 3.02. The number of carbonyl (C=O) groups is 1. The molecule has 3 nitrogen and oxygen atoms in total. The van der Waals surface area contributed by atoms with Gasteiger partial charge in [0.25, 0.3) is 0 Å². The van der Waals surface area contributed by atoms with Gasteiger partial charge in [0.15, 0.2) is 0 Å². The fourth-order valence-electron chi connectivity index (χ4n) is 1.13. The summed E-state index contributed by atoms with van der Waals surface area (Å²) in [6.45, 7) is 2.94. The van der Waals surface area contributed by atoms with E-state index in [0.29, 0.717) is 11.3 Å². The Bertz CT molecular complexity index is 363. The van der Waals surface area contributed by atoms with Crippen LogP contribution in [0.4, 0.5) is 10.1 Å². The van der Waals surface area contributed by atoms with Crippen LogP contribution in [0.15, 0.2) is 12.1 Å². The highest BCUT2D eigenvalue weighted by molar-refractivity contribution is 5.89. The van der Waals surface area contributed by atoms with E-state index in [-0.39, 0.29) is 11.6 Å². The molecule has 0 atom stereocenters. The Morgan fingerprint density at radius 2 is 2.14 bits per heavy atom. The van der Waals surface area contributed by atoms with Crippen LogP contribution < -0.4 is 10.1 Å². The molecular weight excluding hydrogens is 185 g/mol. The van der Waals surface area contributed by atoms with Gasteiger partial charge in [-0.15, -0.1) is 0 Å². The van der Waals surface area contributed by atoms with E-state index in [1.807, 2.05) is 0 Å². The average Bonchev–Trinajstić information content (AvgIpc) is 2.11. The molecule has 0 fully saturated rings. The predicted octanol–water partition coefficient (Wildman–Crippen LogP) is 2.10. The fraction of sp³-hybridized carbons (Fsp3) is 0.300. The van der Waals surface area contributed by atoms with Gasteiger partial charge < -0.3 is 10.1 Å². The van der Waals surface area contributed by atoms with E-state index in [1.54, 1.807) is 13.0 Å². The van der Waals surface area contributed by atoms with Crippen molar-refractivity contribution in [2.75, 3.05) is 12.4 Å². The average molecular weight is 197 g/mol. The summed E-state index contributed by atoms with van der Waals surface area (Å²) in [5.41, 5.74) is 0.586. The van der Waals surface area contributed by atoms with E-state index in [2.05, 4.69) is 5.32 Å². The molecule has 1 rings (SSSR count). The molecule has 0 aliphatic carbocycles. The number of carbonyl (C=O) groups excluding carboxylic acids is 1. The first-order valence-corrected chi connectivity index (χ1v) is 4.16. The Hall–Kier alpha value is -1.58. The predicted molar refractivity (Wildman–Crippen MR) is 52.0 cm³/mol. The molecule has 1 aromatic rings. The van der Waals surface area contributed by atoms with Gasteiger partial charge in [-0.05, 0) is 18.6 Å². The third-order valence-electron chi connectivity index (χ3n) is 1.77. The molecule has 0 saturated carbocycles. The molecule has 0 radical (unpaired) electrons. The van der Waals surface area contributed by atoms with Crippen LogP contribution in [0.3, 0.4) is 0 Å². The van der Waals surface area contributed by atoms with Crippen LogP contribution in [0.25, 0.3) is 0 Å². The lowest BCUT2D eigenvalue weighted by molar-refractivity contribution is -0.114. The maximum absolute atomic E-state index is 13.4. The number of anilines is 1. The van der Waals surface area contributed by atoms with Gasteiger partial charge in [0.2, 0.25) is 5.91 Å². The second-order valence-electron chi connectivity index (χ2n) is 2.99. The molecule has 0 spiro atoms. The van der Waals surface area contributed by atoms with Gasteiger partial charge in [-0.3, -0.25) is 4.79 Å². The zero-order chi connectivity index (χ0) is 10.7. The topological polar surface area (TPSA) is 38.3 Å². The summed E-state index contributed by atoms with van der Waals surface area (Å²) in [6.07, 6.45) is 0. The first-order chi connectivity index (χ1) is 6.54. The molecular formula is C10H12FNO2. The molecule has 0 bridgehead atoms. The molecule has 14 heavy (non-hydrogen) atoms. The molecule has 0 aliphatic heterocycles. The number of benzene rings is 1. The Morgan fingerprint density at radius 1 is 1.50 bits per heavy atom. The monoisotopic (exact) mass is 197 g/mol. The lowest BCUT2D eigenvalue weighted by Crippen LogP contribution is -2.08. The number of ether oxygens (including phenoxy) is 1. The molecule has 0 heterocycles. The number of rotatable bonds is 2. The number of hydrogen-bond donors (Lipinski definition) is 1. The van der Waals surface area contributed by atoms with Gasteiger partial charge in [-0.2, -0.15) is 0 Å². The Balaban J connectivity index is 3.13. The third kappa shape index (κ3) is 2.22. The second-order valence-corrected chi connectivity index (χ2v) is 2.99. The molecule has 0 unspecified atom stereocenters. The first-order valence-electron chi connectivity index (χ1n) is 4.16. The van der Waals surface area contributed by atoms with Crippen molar-refractivity contribution in [1.82, 2.24) is 0 Å². The van der Waals surface area contributed by atoms with Gasteiger partial charge in [0.05, 0.1) is 12.8 Å². The first kappa shape index (κ1) is 10.5. The van der Waals surface area contributed by atoms with Crippen molar-refractivity contribution in [3.05, 3.63) is 23.5 Å².